The molecule has 1 amide bonds. The van der Waals surface area contributed by atoms with E-state index in [0.29, 0.717) is 13.1 Å². The molecule has 2 aromatic rings. The molecule has 0 N–H and O–H groups in total. The Kier molecular flexibility index (Phi) is 5.62. The fourth-order valence-corrected chi connectivity index (χ4v) is 4.71. The Morgan fingerprint density at radius 2 is 1.84 bits per heavy atom. The van der Waals surface area contributed by atoms with Crippen LogP contribution in [0.1, 0.15) is 37.8 Å². The molecule has 2 aromatic carbocycles. The molecule has 2 aliphatic heterocycles. The number of amides is 1. The molecule has 2 aliphatic rings. The predicted molar refractivity (Wildman–Crippen MR) is 117 cm³/mol. The van der Waals surface area contributed by atoms with Gasteiger partial charge < -0.3 is 4.90 Å². The third-order valence-electron chi connectivity index (χ3n) is 6.33. The molecule has 1 fully saturated rings. The van der Waals surface area contributed by atoms with Crippen LogP contribution in [0.15, 0.2) is 54.1 Å². The number of non-ortho nitro benzene ring substituents is 1. The highest BCUT2D eigenvalue weighted by Crippen LogP contribution is 2.47. The van der Waals surface area contributed by atoms with Gasteiger partial charge in [-0.1, -0.05) is 17.7 Å². The number of carbonyl (C=O) groups excluding carboxylic acids is 1. The maximum atomic E-state index is 14.1. The maximum absolute atomic E-state index is 14.1. The Morgan fingerprint density at radius 1 is 1.16 bits per heavy atom. The molecule has 0 bridgehead atoms. The van der Waals surface area contributed by atoms with Gasteiger partial charge in [0.25, 0.3) is 11.6 Å². The zero-order valence-electron chi connectivity index (χ0n) is 17.8. The quantitative estimate of drug-likeness (QED) is 0.410. The minimum absolute atomic E-state index is 0.0574. The molecule has 0 radical (unpaired) electrons. The molecule has 1 saturated heterocycles. The molecule has 2 heterocycles. The lowest BCUT2D eigenvalue weighted by molar-refractivity contribution is -0.384. The van der Waals surface area contributed by atoms with Gasteiger partial charge in [0.2, 0.25) is 0 Å². The number of hydrogen-bond acceptors (Lipinski definition) is 4. The van der Waals surface area contributed by atoms with Crippen LogP contribution in [0.4, 0.5) is 15.8 Å². The summed E-state index contributed by atoms with van der Waals surface area (Å²) in [5.74, 6) is -0.332. The summed E-state index contributed by atoms with van der Waals surface area (Å²) in [6, 6.07) is 11.4. The molecule has 1 spiro atoms. The third kappa shape index (κ3) is 4.23. The van der Waals surface area contributed by atoms with Crippen LogP contribution in [0.25, 0.3) is 0 Å². The van der Waals surface area contributed by atoms with Gasteiger partial charge in [-0.15, -0.1) is 0 Å². The van der Waals surface area contributed by atoms with Gasteiger partial charge in [0.15, 0.2) is 0 Å². The number of piperidine rings is 1. The summed E-state index contributed by atoms with van der Waals surface area (Å²) in [5.41, 5.74) is 3.55. The topological polar surface area (TPSA) is 66.7 Å². The van der Waals surface area contributed by atoms with Crippen molar-refractivity contribution < 1.29 is 14.1 Å². The largest absolute Gasteiger partial charge is 0.308 e. The number of likely N-dealkylation sites (tertiary alicyclic amines) is 1. The number of nitrogens with zero attached hydrogens (tertiary/aromatic N) is 3. The summed E-state index contributed by atoms with van der Waals surface area (Å²) in [4.78, 5) is 27.3. The van der Waals surface area contributed by atoms with Crippen molar-refractivity contribution in [1.29, 1.82) is 0 Å². The maximum Gasteiger partial charge on any atom is 0.269 e. The molecule has 6 nitrogen and oxygen atoms in total. The van der Waals surface area contributed by atoms with Gasteiger partial charge in [0, 0.05) is 42.4 Å². The Labute approximate surface area is 181 Å². The number of halogens is 1. The van der Waals surface area contributed by atoms with E-state index >= 15 is 0 Å². The van der Waals surface area contributed by atoms with Gasteiger partial charge in [0.1, 0.15) is 5.82 Å². The van der Waals surface area contributed by atoms with Crippen molar-refractivity contribution in [2.75, 3.05) is 24.5 Å². The molecule has 0 unspecified atom stereocenters. The number of anilines is 1. The van der Waals surface area contributed by atoms with Gasteiger partial charge in [0.05, 0.1) is 4.92 Å². The lowest BCUT2D eigenvalue weighted by atomic mass is 9.74. The summed E-state index contributed by atoms with van der Waals surface area (Å²) in [5, 5.41) is 10.8. The van der Waals surface area contributed by atoms with Crippen LogP contribution in [0.2, 0.25) is 0 Å². The van der Waals surface area contributed by atoms with Crippen molar-refractivity contribution in [2.45, 2.75) is 38.6 Å². The van der Waals surface area contributed by atoms with Crippen molar-refractivity contribution in [1.82, 2.24) is 4.90 Å². The number of hydrogen-bond donors (Lipinski definition) is 0. The number of fused-ring (bicyclic) bond motifs is 2. The van der Waals surface area contributed by atoms with Crippen LogP contribution in [0, 0.1) is 15.9 Å². The van der Waals surface area contributed by atoms with Crippen molar-refractivity contribution in [3.05, 3.63) is 81.2 Å². The molecule has 7 heteroatoms. The summed E-state index contributed by atoms with van der Waals surface area (Å²) in [6.07, 6.45) is 3.29. The molecule has 0 atom stereocenters. The molecule has 4 rings (SSSR count). The van der Waals surface area contributed by atoms with Crippen LogP contribution >= 0.6 is 0 Å². The molecule has 0 aromatic heterocycles. The lowest BCUT2D eigenvalue weighted by Gasteiger charge is -2.40. The Balaban J connectivity index is 1.50. The summed E-state index contributed by atoms with van der Waals surface area (Å²) in [7, 11) is 0. The van der Waals surface area contributed by atoms with E-state index in [1.165, 1.54) is 18.2 Å². The average molecular weight is 423 g/mol. The highest BCUT2D eigenvalue weighted by atomic mass is 19.1. The predicted octanol–water partition coefficient (Wildman–Crippen LogP) is 4.58. The second-order valence-electron chi connectivity index (χ2n) is 8.79. The second kappa shape index (κ2) is 8.23. The lowest BCUT2D eigenvalue weighted by Crippen LogP contribution is -2.45. The Bertz CT molecular complexity index is 1040. The van der Waals surface area contributed by atoms with Gasteiger partial charge in [-0.3, -0.25) is 19.8 Å². The standard InChI is InChI=1S/C24H26FN3O3/c1-17(2)13-23(29)27-16-24(21-14-19(25)5-8-22(21)27)9-11-26(12-10-24)15-18-3-6-20(7-4-18)28(30)31/h3-8,13-14H,9-12,15-16H2,1-2H3. The van der Waals surface area contributed by atoms with Crippen LogP contribution < -0.4 is 4.90 Å². The van der Waals surface area contributed by atoms with Gasteiger partial charge in [-0.25, -0.2) is 4.39 Å². The van der Waals surface area contributed by atoms with E-state index in [2.05, 4.69) is 4.90 Å². The van der Waals surface area contributed by atoms with Crippen LogP contribution in [0.3, 0.4) is 0 Å². The molecule has 0 saturated carbocycles. The first-order valence-electron chi connectivity index (χ1n) is 10.5. The summed E-state index contributed by atoms with van der Waals surface area (Å²) < 4.78 is 14.1. The first-order chi connectivity index (χ1) is 14.8. The molecule has 0 aliphatic carbocycles. The molecular weight excluding hydrogens is 397 g/mol. The average Bonchev–Trinajstić information content (AvgIpc) is 3.03. The van der Waals surface area contributed by atoms with Crippen LogP contribution in [-0.2, 0) is 16.8 Å². The van der Waals surface area contributed by atoms with E-state index in [-0.39, 0.29) is 22.8 Å². The van der Waals surface area contributed by atoms with Gasteiger partial charge in [-0.05, 0) is 69.1 Å². The molecule has 31 heavy (non-hydrogen) atoms. The number of benzene rings is 2. The van der Waals surface area contributed by atoms with E-state index in [4.69, 9.17) is 0 Å². The number of rotatable bonds is 4. The zero-order valence-corrected chi connectivity index (χ0v) is 17.8. The van der Waals surface area contributed by atoms with Gasteiger partial charge in [-0.2, -0.15) is 0 Å². The second-order valence-corrected chi connectivity index (χ2v) is 8.79. The minimum atomic E-state index is -0.395. The van der Waals surface area contributed by atoms with Crippen molar-refractivity contribution in [3.63, 3.8) is 0 Å². The van der Waals surface area contributed by atoms with Crippen LogP contribution in [-0.4, -0.2) is 35.4 Å². The van der Waals surface area contributed by atoms with Crippen molar-refractivity contribution in [2.24, 2.45) is 0 Å². The minimum Gasteiger partial charge on any atom is -0.308 e. The molecular formula is C24H26FN3O3. The zero-order chi connectivity index (χ0) is 22.2. The third-order valence-corrected chi connectivity index (χ3v) is 6.33. The highest BCUT2D eigenvalue weighted by molar-refractivity contribution is 6.03. The smallest absolute Gasteiger partial charge is 0.269 e. The fourth-order valence-electron chi connectivity index (χ4n) is 4.71. The number of carbonyl (C=O) groups is 1. The van der Waals surface area contributed by atoms with E-state index in [0.717, 1.165) is 48.3 Å². The molecule has 162 valence electrons. The number of allylic oxidation sites excluding steroid dienone is 1. The Morgan fingerprint density at radius 3 is 2.45 bits per heavy atom. The van der Waals surface area contributed by atoms with Gasteiger partial charge >= 0.3 is 0 Å². The van der Waals surface area contributed by atoms with Crippen molar-refractivity contribution >= 4 is 17.3 Å². The first-order valence-corrected chi connectivity index (χ1v) is 10.5. The Hall–Kier alpha value is -3.06. The number of nitro groups is 1. The van der Waals surface area contributed by atoms with Crippen molar-refractivity contribution in [3.8, 4) is 0 Å². The van der Waals surface area contributed by atoms with E-state index in [9.17, 15) is 19.3 Å². The van der Waals surface area contributed by atoms with E-state index < -0.39 is 4.92 Å². The summed E-state index contributed by atoms with van der Waals surface area (Å²) in [6.45, 7) is 6.71. The van der Waals surface area contributed by atoms with E-state index in [1.807, 2.05) is 13.8 Å². The highest BCUT2D eigenvalue weighted by Gasteiger charge is 2.46. The first kappa shape index (κ1) is 21.2. The summed E-state index contributed by atoms with van der Waals surface area (Å²) >= 11 is 0. The SMILES string of the molecule is CC(C)=CC(=O)N1CC2(CCN(Cc3ccc([N+](=O)[O-])cc3)CC2)c2cc(F)ccc21. The van der Waals surface area contributed by atoms with E-state index in [1.54, 1.807) is 35.2 Å². The fraction of sp³-hybridized carbons (Fsp3) is 0.375. The monoisotopic (exact) mass is 423 g/mol. The normalized spacial score (nSPS) is 17.5. The van der Waals surface area contributed by atoms with Crippen LogP contribution in [0.5, 0.6) is 0 Å². The number of nitro benzene ring substituents is 1.